The Morgan fingerprint density at radius 2 is 1.65 bits per heavy atom. The van der Waals surface area contributed by atoms with Crippen molar-refractivity contribution in [3.8, 4) is 17.2 Å². The van der Waals surface area contributed by atoms with Crippen molar-refractivity contribution in [3.05, 3.63) is 83.0 Å². The molecule has 4 rings (SSSR count). The summed E-state index contributed by atoms with van der Waals surface area (Å²) in [6, 6.07) is 18.0. The normalized spacial score (nSPS) is 13.0. The van der Waals surface area contributed by atoms with E-state index in [0.717, 1.165) is 4.90 Å². The number of benzene rings is 3. The Hall–Kier alpha value is -4.50. The summed E-state index contributed by atoms with van der Waals surface area (Å²) in [6.45, 7) is 2.35. The molecule has 3 aromatic carbocycles. The first-order valence-corrected chi connectivity index (χ1v) is 11.7. The molecule has 2 N–H and O–H groups in total. The molecule has 1 aliphatic heterocycles. The first-order valence-electron chi connectivity index (χ1n) is 11.3. The Kier molecular flexibility index (Phi) is 7.64. The van der Waals surface area contributed by atoms with Crippen LogP contribution in [-0.2, 0) is 9.59 Å². The molecule has 0 atom stereocenters. The van der Waals surface area contributed by atoms with Gasteiger partial charge in [-0.1, -0.05) is 17.7 Å². The maximum absolute atomic E-state index is 13.1. The number of ether oxygens (including phenoxy) is 3. The third kappa shape index (κ3) is 5.36. The number of carbonyl (C=O) groups excluding carboxylic acids is 3. The summed E-state index contributed by atoms with van der Waals surface area (Å²) in [7, 11) is 3.02. The summed E-state index contributed by atoms with van der Waals surface area (Å²) in [5.74, 6) is -0.0589. The van der Waals surface area contributed by atoms with E-state index in [0.29, 0.717) is 46.5 Å². The molecule has 0 fully saturated rings. The fourth-order valence-corrected chi connectivity index (χ4v) is 3.91. The molecular weight excluding hydrogens is 498 g/mol. The molecule has 3 amide bonds. The van der Waals surface area contributed by atoms with E-state index in [1.807, 2.05) is 6.92 Å². The molecule has 0 aliphatic carbocycles. The Labute approximate surface area is 218 Å². The van der Waals surface area contributed by atoms with Crippen LogP contribution in [-0.4, -0.2) is 38.5 Å². The second kappa shape index (κ2) is 11.0. The number of halogens is 1. The molecule has 0 unspecified atom stereocenters. The molecule has 0 radical (unpaired) electrons. The lowest BCUT2D eigenvalue weighted by Crippen LogP contribution is -2.32. The second-order valence-electron chi connectivity index (χ2n) is 7.79. The van der Waals surface area contributed by atoms with E-state index in [9.17, 15) is 14.4 Å². The van der Waals surface area contributed by atoms with Crippen LogP contribution in [0, 0.1) is 0 Å². The quantitative estimate of drug-likeness (QED) is 0.390. The fraction of sp³-hybridized carbons (Fsp3) is 0.148. The summed E-state index contributed by atoms with van der Waals surface area (Å²) in [5, 5.41) is 5.42. The van der Waals surface area contributed by atoms with Gasteiger partial charge in [0.25, 0.3) is 17.7 Å². The molecule has 1 aliphatic rings. The largest absolute Gasteiger partial charge is 0.497 e. The van der Waals surface area contributed by atoms with Crippen LogP contribution in [0.3, 0.4) is 0 Å². The number of anilines is 3. The molecule has 9 nitrogen and oxygen atoms in total. The molecule has 3 aromatic rings. The fourth-order valence-electron chi connectivity index (χ4n) is 3.69. The highest BCUT2D eigenvalue weighted by Gasteiger charge is 2.39. The first-order chi connectivity index (χ1) is 17.9. The number of methoxy groups -OCH3 is 2. The van der Waals surface area contributed by atoms with Gasteiger partial charge < -0.3 is 24.8 Å². The van der Waals surface area contributed by atoms with Gasteiger partial charge in [-0.15, -0.1) is 0 Å². The summed E-state index contributed by atoms with van der Waals surface area (Å²) < 4.78 is 15.9. The predicted octanol–water partition coefficient (Wildman–Crippen LogP) is 4.79. The number of hydrogen-bond donors (Lipinski definition) is 2. The molecule has 1 heterocycles. The number of rotatable bonds is 9. The first kappa shape index (κ1) is 25.6. The molecule has 0 bridgehead atoms. The van der Waals surface area contributed by atoms with Crippen LogP contribution in [0.4, 0.5) is 17.1 Å². The van der Waals surface area contributed by atoms with Crippen molar-refractivity contribution < 1.29 is 28.6 Å². The van der Waals surface area contributed by atoms with Gasteiger partial charge in [-0.25, -0.2) is 4.90 Å². The van der Waals surface area contributed by atoms with Crippen molar-refractivity contribution >= 4 is 46.4 Å². The minimum absolute atomic E-state index is 0.0902. The summed E-state index contributed by atoms with van der Waals surface area (Å²) in [5.41, 5.74) is 1.39. The highest BCUT2D eigenvalue weighted by atomic mass is 35.5. The number of amides is 3. The number of imide groups is 1. The van der Waals surface area contributed by atoms with Crippen molar-refractivity contribution in [2.75, 3.05) is 36.4 Å². The lowest BCUT2D eigenvalue weighted by molar-refractivity contribution is -0.120. The third-order valence-corrected chi connectivity index (χ3v) is 5.83. The second-order valence-corrected chi connectivity index (χ2v) is 8.17. The lowest BCUT2D eigenvalue weighted by Gasteiger charge is -2.16. The molecule has 0 saturated carbocycles. The minimum Gasteiger partial charge on any atom is -0.497 e. The smallest absolute Gasteiger partial charge is 0.283 e. The van der Waals surface area contributed by atoms with Gasteiger partial charge in [0, 0.05) is 17.3 Å². The molecule has 0 aromatic heterocycles. The van der Waals surface area contributed by atoms with Crippen molar-refractivity contribution in [3.63, 3.8) is 0 Å². The molecule has 10 heteroatoms. The van der Waals surface area contributed by atoms with Crippen molar-refractivity contribution in [1.29, 1.82) is 0 Å². The van der Waals surface area contributed by atoms with Crippen LogP contribution in [0.5, 0.6) is 17.2 Å². The summed E-state index contributed by atoms with van der Waals surface area (Å²) in [4.78, 5) is 39.8. The Morgan fingerprint density at radius 1 is 0.919 bits per heavy atom. The van der Waals surface area contributed by atoms with E-state index in [1.54, 1.807) is 60.7 Å². The molecule has 0 spiro atoms. The monoisotopic (exact) mass is 521 g/mol. The Bertz CT molecular complexity index is 1390. The highest BCUT2D eigenvalue weighted by molar-refractivity contribution is 6.53. The third-order valence-electron chi connectivity index (χ3n) is 5.48. The van der Waals surface area contributed by atoms with Crippen molar-refractivity contribution in [2.45, 2.75) is 6.92 Å². The SMILES string of the molecule is CCOc1ccc(N2C(=O)C(Cl)=C(Nc3cccc(C(=O)Nc4cc(OC)ccc4OC)c3)C2=O)cc1. The van der Waals surface area contributed by atoms with Crippen molar-refractivity contribution in [2.24, 2.45) is 0 Å². The highest BCUT2D eigenvalue weighted by Crippen LogP contribution is 2.32. The van der Waals surface area contributed by atoms with Crippen LogP contribution in [0.1, 0.15) is 17.3 Å². The average Bonchev–Trinajstić information content (AvgIpc) is 3.12. The van der Waals surface area contributed by atoms with E-state index >= 15 is 0 Å². The van der Waals surface area contributed by atoms with Crippen LogP contribution < -0.4 is 29.7 Å². The van der Waals surface area contributed by atoms with Crippen LogP contribution >= 0.6 is 11.6 Å². The van der Waals surface area contributed by atoms with E-state index in [1.165, 1.54) is 20.3 Å². The zero-order chi connectivity index (χ0) is 26.5. The molecule has 190 valence electrons. The van der Waals surface area contributed by atoms with Gasteiger partial charge in [0.2, 0.25) is 0 Å². The van der Waals surface area contributed by atoms with Gasteiger partial charge in [0.15, 0.2) is 0 Å². The van der Waals surface area contributed by atoms with E-state index in [-0.39, 0.29) is 10.7 Å². The average molecular weight is 522 g/mol. The molecule has 0 saturated heterocycles. The predicted molar refractivity (Wildman–Crippen MR) is 141 cm³/mol. The number of hydrogen-bond acceptors (Lipinski definition) is 7. The molecular formula is C27H24ClN3O6. The number of nitrogens with zero attached hydrogens (tertiary/aromatic N) is 1. The Balaban J connectivity index is 1.52. The minimum atomic E-state index is -0.655. The Morgan fingerprint density at radius 3 is 2.32 bits per heavy atom. The molecule has 37 heavy (non-hydrogen) atoms. The number of carbonyl (C=O) groups is 3. The zero-order valence-electron chi connectivity index (χ0n) is 20.3. The van der Waals surface area contributed by atoms with Crippen molar-refractivity contribution in [1.82, 2.24) is 0 Å². The van der Waals surface area contributed by atoms with Crippen LogP contribution in [0.15, 0.2) is 77.5 Å². The zero-order valence-corrected chi connectivity index (χ0v) is 21.1. The van der Waals surface area contributed by atoms with Gasteiger partial charge in [-0.2, -0.15) is 0 Å². The van der Waals surface area contributed by atoms with E-state index < -0.39 is 17.7 Å². The van der Waals surface area contributed by atoms with Crippen LogP contribution in [0.2, 0.25) is 0 Å². The maximum atomic E-state index is 13.1. The topological polar surface area (TPSA) is 106 Å². The van der Waals surface area contributed by atoms with Gasteiger partial charge in [0.05, 0.1) is 32.2 Å². The standard InChI is InChI=1S/C27H24ClN3O6/c1-4-37-19-10-8-18(9-11-19)31-26(33)23(28)24(27(31)34)29-17-7-5-6-16(14-17)25(32)30-21-15-20(35-2)12-13-22(21)36-3/h5-15,29H,4H2,1-3H3,(H,30,32). The van der Waals surface area contributed by atoms with Gasteiger partial charge in [-0.3, -0.25) is 14.4 Å². The lowest BCUT2D eigenvalue weighted by atomic mass is 10.1. The van der Waals surface area contributed by atoms with E-state index in [2.05, 4.69) is 10.6 Å². The van der Waals surface area contributed by atoms with Crippen LogP contribution in [0.25, 0.3) is 0 Å². The summed E-state index contributed by atoms with van der Waals surface area (Å²) in [6.07, 6.45) is 0. The summed E-state index contributed by atoms with van der Waals surface area (Å²) >= 11 is 6.25. The van der Waals surface area contributed by atoms with Gasteiger partial charge in [-0.05, 0) is 61.5 Å². The van der Waals surface area contributed by atoms with Gasteiger partial charge in [0.1, 0.15) is 28.0 Å². The number of nitrogens with one attached hydrogen (secondary N) is 2. The van der Waals surface area contributed by atoms with E-state index in [4.69, 9.17) is 25.8 Å². The van der Waals surface area contributed by atoms with Gasteiger partial charge >= 0.3 is 0 Å². The maximum Gasteiger partial charge on any atom is 0.283 e.